The van der Waals surface area contributed by atoms with Crippen LogP contribution in [0.1, 0.15) is 23.1 Å². The van der Waals surface area contributed by atoms with E-state index < -0.39 is 11.7 Å². The first-order chi connectivity index (χ1) is 7.99. The zero-order valence-corrected chi connectivity index (χ0v) is 8.96. The maximum absolute atomic E-state index is 12.7. The minimum absolute atomic E-state index is 0.00620. The molecule has 0 spiro atoms. The Kier molecular flexibility index (Phi) is 4.30. The molecule has 1 aromatic carbocycles. The number of benzene rings is 1. The number of halogens is 3. The van der Waals surface area contributed by atoms with Crippen LogP contribution >= 0.6 is 0 Å². The van der Waals surface area contributed by atoms with Gasteiger partial charge in [0.25, 0.3) is 0 Å². The van der Waals surface area contributed by atoms with Crippen LogP contribution in [0.3, 0.4) is 0 Å². The van der Waals surface area contributed by atoms with E-state index in [1.807, 2.05) is 0 Å². The Bertz CT molecular complexity index is 456. The molecule has 0 heterocycles. The quantitative estimate of drug-likeness (QED) is 0.883. The fraction of sp³-hybridized carbons (Fsp3) is 0.250. The Morgan fingerprint density at radius 2 is 2.06 bits per heavy atom. The predicted octanol–water partition coefficient (Wildman–Crippen LogP) is 2.94. The second-order valence-corrected chi connectivity index (χ2v) is 3.39. The molecule has 17 heavy (non-hydrogen) atoms. The number of hydrogen-bond acceptors (Lipinski definition) is 2. The second kappa shape index (κ2) is 5.51. The molecule has 0 fully saturated rings. The van der Waals surface area contributed by atoms with Crippen molar-refractivity contribution < 1.29 is 13.2 Å². The smallest absolute Gasteiger partial charge is 0.330 e. The molecule has 90 valence electrons. The summed E-state index contributed by atoms with van der Waals surface area (Å²) in [6.07, 6.45) is -1.000. The average Bonchev–Trinajstić information content (AvgIpc) is 2.28. The van der Waals surface area contributed by atoms with Gasteiger partial charge in [-0.1, -0.05) is 18.2 Å². The average molecular weight is 240 g/mol. The maximum atomic E-state index is 12.7. The molecule has 0 amide bonds. The van der Waals surface area contributed by atoms with Crippen LogP contribution in [-0.2, 0) is 6.18 Å². The Labute approximate surface area is 97.2 Å². The van der Waals surface area contributed by atoms with Crippen LogP contribution in [0.15, 0.2) is 24.3 Å². The summed E-state index contributed by atoms with van der Waals surface area (Å²) in [5.41, 5.74) is 4.48. The molecule has 0 aliphatic carbocycles. The molecule has 2 nitrogen and oxygen atoms in total. The minimum Gasteiger partial charge on any atom is -0.330 e. The van der Waals surface area contributed by atoms with Gasteiger partial charge < -0.3 is 5.73 Å². The van der Waals surface area contributed by atoms with E-state index >= 15 is 0 Å². The number of nitrogens with two attached hydrogens (primary N) is 1. The summed E-state index contributed by atoms with van der Waals surface area (Å²) < 4.78 is 38.1. The van der Waals surface area contributed by atoms with E-state index in [-0.39, 0.29) is 11.1 Å². The molecule has 0 unspecified atom stereocenters. The molecule has 0 bridgehead atoms. The Hall–Kier alpha value is -1.80. The zero-order chi connectivity index (χ0) is 12.9. The highest BCUT2D eigenvalue weighted by molar-refractivity contribution is 5.56. The number of nitrogens with zero attached hydrogens (tertiary/aromatic N) is 1. The van der Waals surface area contributed by atoms with E-state index in [4.69, 9.17) is 11.0 Å². The van der Waals surface area contributed by atoms with Crippen molar-refractivity contribution in [2.24, 2.45) is 5.73 Å². The monoisotopic (exact) mass is 240 g/mol. The van der Waals surface area contributed by atoms with Crippen LogP contribution in [0.25, 0.3) is 6.08 Å². The van der Waals surface area contributed by atoms with E-state index in [0.717, 1.165) is 6.07 Å². The van der Waals surface area contributed by atoms with Crippen molar-refractivity contribution in [1.29, 1.82) is 5.26 Å². The largest absolute Gasteiger partial charge is 0.417 e. The second-order valence-electron chi connectivity index (χ2n) is 3.39. The molecule has 0 radical (unpaired) electrons. The summed E-state index contributed by atoms with van der Waals surface area (Å²) in [6, 6.07) is 5.18. The molecule has 0 saturated carbocycles. The third-order valence-electron chi connectivity index (χ3n) is 2.12. The highest BCUT2D eigenvalue weighted by Crippen LogP contribution is 2.33. The normalized spacial score (nSPS) is 11.7. The summed E-state index contributed by atoms with van der Waals surface area (Å²) in [5, 5.41) is 8.58. The molecular formula is C12H11F3N2. The van der Waals surface area contributed by atoms with Crippen LogP contribution in [0.4, 0.5) is 13.2 Å². The van der Waals surface area contributed by atoms with E-state index in [9.17, 15) is 13.2 Å². The van der Waals surface area contributed by atoms with Crippen molar-refractivity contribution in [2.45, 2.75) is 12.6 Å². The molecule has 5 heteroatoms. The lowest BCUT2D eigenvalue weighted by Crippen LogP contribution is -2.07. The fourth-order valence-corrected chi connectivity index (χ4v) is 1.32. The van der Waals surface area contributed by atoms with Gasteiger partial charge in [0.05, 0.1) is 17.2 Å². The van der Waals surface area contributed by atoms with Crippen molar-refractivity contribution in [3.05, 3.63) is 41.0 Å². The van der Waals surface area contributed by atoms with E-state index in [0.29, 0.717) is 13.0 Å². The number of nitriles is 1. The molecule has 0 aromatic heterocycles. The number of rotatable bonds is 3. The molecule has 1 aromatic rings. The lowest BCUT2D eigenvalue weighted by atomic mass is 10.0. The van der Waals surface area contributed by atoms with Gasteiger partial charge in [0.1, 0.15) is 0 Å². The minimum atomic E-state index is -4.46. The third kappa shape index (κ3) is 3.61. The Morgan fingerprint density at radius 1 is 1.35 bits per heavy atom. The highest BCUT2D eigenvalue weighted by Gasteiger charge is 2.32. The van der Waals surface area contributed by atoms with Gasteiger partial charge in [-0.15, -0.1) is 0 Å². The molecule has 1 rings (SSSR count). The summed E-state index contributed by atoms with van der Waals surface area (Å²) in [6.45, 7) is 0.383. The highest BCUT2D eigenvalue weighted by atomic mass is 19.4. The molecule has 2 N–H and O–H groups in total. The molecule has 0 atom stereocenters. The predicted molar refractivity (Wildman–Crippen MR) is 58.9 cm³/mol. The van der Waals surface area contributed by atoms with Crippen LogP contribution in [0.5, 0.6) is 0 Å². The third-order valence-corrected chi connectivity index (χ3v) is 2.12. The Morgan fingerprint density at radius 3 is 2.59 bits per heavy atom. The number of hydrogen-bond donors (Lipinski definition) is 1. The van der Waals surface area contributed by atoms with Crippen LogP contribution in [-0.4, -0.2) is 6.54 Å². The molecule has 0 saturated heterocycles. The fourth-order valence-electron chi connectivity index (χ4n) is 1.32. The van der Waals surface area contributed by atoms with E-state index in [2.05, 4.69) is 0 Å². The van der Waals surface area contributed by atoms with Crippen molar-refractivity contribution in [2.75, 3.05) is 6.54 Å². The van der Waals surface area contributed by atoms with Gasteiger partial charge in [0.2, 0.25) is 0 Å². The van der Waals surface area contributed by atoms with Crippen molar-refractivity contribution in [3.63, 3.8) is 0 Å². The molecule has 0 aliphatic rings. The van der Waals surface area contributed by atoms with Crippen molar-refractivity contribution in [1.82, 2.24) is 0 Å². The lowest BCUT2D eigenvalue weighted by molar-refractivity contribution is -0.137. The maximum Gasteiger partial charge on any atom is 0.417 e. The first-order valence-corrected chi connectivity index (χ1v) is 4.97. The van der Waals surface area contributed by atoms with Gasteiger partial charge in [-0.3, -0.25) is 0 Å². The standard InChI is InChI=1S/C12H11F3N2/c13-12(14,15)11-7-9(8-17)4-5-10(11)3-1-2-6-16/h1,3-5,7H,2,6,16H2. The van der Waals surface area contributed by atoms with Gasteiger partial charge in [-0.25, -0.2) is 0 Å². The van der Waals surface area contributed by atoms with Crippen LogP contribution in [0.2, 0.25) is 0 Å². The van der Waals surface area contributed by atoms with E-state index in [1.54, 1.807) is 12.1 Å². The van der Waals surface area contributed by atoms with Gasteiger partial charge in [0, 0.05) is 0 Å². The van der Waals surface area contributed by atoms with Crippen LogP contribution < -0.4 is 5.73 Å². The van der Waals surface area contributed by atoms with E-state index in [1.165, 1.54) is 18.2 Å². The van der Waals surface area contributed by atoms with Gasteiger partial charge in [-0.2, -0.15) is 18.4 Å². The summed E-state index contributed by atoms with van der Waals surface area (Å²) in [7, 11) is 0. The van der Waals surface area contributed by atoms with Gasteiger partial charge >= 0.3 is 6.18 Å². The summed E-state index contributed by atoms with van der Waals surface area (Å²) >= 11 is 0. The lowest BCUT2D eigenvalue weighted by Gasteiger charge is -2.10. The van der Waals surface area contributed by atoms with Gasteiger partial charge in [-0.05, 0) is 30.7 Å². The first kappa shape index (κ1) is 13.3. The Balaban J connectivity index is 3.17. The van der Waals surface area contributed by atoms with Crippen LogP contribution in [0, 0.1) is 11.3 Å². The summed E-state index contributed by atoms with van der Waals surface area (Å²) in [4.78, 5) is 0. The van der Waals surface area contributed by atoms with Gasteiger partial charge in [0.15, 0.2) is 0 Å². The summed E-state index contributed by atoms with van der Waals surface area (Å²) in [5.74, 6) is 0. The van der Waals surface area contributed by atoms with Crippen molar-refractivity contribution >= 4 is 6.08 Å². The van der Waals surface area contributed by atoms with Crippen molar-refractivity contribution in [3.8, 4) is 6.07 Å². The SMILES string of the molecule is N#Cc1ccc(C=CCCN)c(C(F)(F)F)c1. The molecule has 0 aliphatic heterocycles. The first-order valence-electron chi connectivity index (χ1n) is 4.97. The zero-order valence-electron chi connectivity index (χ0n) is 8.96. The molecular weight excluding hydrogens is 229 g/mol. The number of alkyl halides is 3. The topological polar surface area (TPSA) is 49.8 Å².